The molecule has 0 amide bonds. The normalized spacial score (nSPS) is 25.9. The van der Waals surface area contributed by atoms with Crippen LogP contribution in [0.25, 0.3) is 0 Å². The summed E-state index contributed by atoms with van der Waals surface area (Å²) in [4.78, 5) is 0. The average Bonchev–Trinajstić information content (AvgIpc) is 2.76. The molecular formula is C14H19ClO2. The largest absolute Gasteiger partial charge is 0.496 e. The number of halogens is 1. The maximum Gasteiger partial charge on any atom is 0.123 e. The molecule has 2 atom stereocenters. The van der Waals surface area contributed by atoms with Gasteiger partial charge in [0.15, 0.2) is 0 Å². The zero-order chi connectivity index (χ0) is 12.5. The molecule has 2 nitrogen and oxygen atoms in total. The number of alkyl halides is 1. The average molecular weight is 255 g/mol. The number of rotatable bonds is 3. The first kappa shape index (κ1) is 12.7. The first-order chi connectivity index (χ1) is 8.07. The summed E-state index contributed by atoms with van der Waals surface area (Å²) in [5.74, 6) is 0.840. The fraction of sp³-hybridized carbons (Fsp3) is 0.571. The van der Waals surface area contributed by atoms with Crippen LogP contribution in [-0.2, 0) is 4.74 Å². The van der Waals surface area contributed by atoms with E-state index in [9.17, 15) is 0 Å². The van der Waals surface area contributed by atoms with Crippen molar-refractivity contribution in [2.24, 2.45) is 0 Å². The zero-order valence-corrected chi connectivity index (χ0v) is 11.4. The minimum Gasteiger partial charge on any atom is -0.496 e. The van der Waals surface area contributed by atoms with Crippen molar-refractivity contribution >= 4 is 11.6 Å². The maximum absolute atomic E-state index is 6.60. The Morgan fingerprint density at radius 1 is 1.47 bits per heavy atom. The van der Waals surface area contributed by atoms with Crippen LogP contribution < -0.4 is 4.74 Å². The van der Waals surface area contributed by atoms with Crippen molar-refractivity contribution in [3.63, 3.8) is 0 Å². The lowest BCUT2D eigenvalue weighted by atomic mass is 9.91. The van der Waals surface area contributed by atoms with Crippen LogP contribution in [0, 0.1) is 6.92 Å². The molecule has 3 heteroatoms. The number of methoxy groups -OCH3 is 1. The summed E-state index contributed by atoms with van der Waals surface area (Å²) >= 11 is 6.60. The predicted octanol–water partition coefficient (Wildman–Crippen LogP) is 3.85. The number of ether oxygens (including phenoxy) is 2. The van der Waals surface area contributed by atoms with Gasteiger partial charge >= 0.3 is 0 Å². The van der Waals surface area contributed by atoms with E-state index in [1.54, 1.807) is 7.11 Å². The first-order valence-corrected chi connectivity index (χ1v) is 6.43. The van der Waals surface area contributed by atoms with Gasteiger partial charge in [0.2, 0.25) is 0 Å². The Morgan fingerprint density at radius 3 is 2.82 bits per heavy atom. The molecule has 0 aromatic heterocycles. The molecule has 94 valence electrons. The number of hydrogen-bond donors (Lipinski definition) is 0. The Morgan fingerprint density at radius 2 is 2.24 bits per heavy atom. The van der Waals surface area contributed by atoms with E-state index in [0.717, 1.165) is 30.8 Å². The number of hydrogen-bond acceptors (Lipinski definition) is 2. The van der Waals surface area contributed by atoms with Crippen molar-refractivity contribution in [3.05, 3.63) is 29.3 Å². The van der Waals surface area contributed by atoms with Crippen LogP contribution in [0.5, 0.6) is 5.75 Å². The minimum atomic E-state index is -0.275. The Balaban J connectivity index is 2.35. The van der Waals surface area contributed by atoms with E-state index >= 15 is 0 Å². The molecular weight excluding hydrogens is 236 g/mol. The molecule has 2 rings (SSSR count). The van der Waals surface area contributed by atoms with Gasteiger partial charge in [-0.05, 0) is 32.8 Å². The van der Waals surface area contributed by atoms with Crippen LogP contribution in [0.1, 0.15) is 36.3 Å². The van der Waals surface area contributed by atoms with Crippen molar-refractivity contribution in [2.75, 3.05) is 13.7 Å². The minimum absolute atomic E-state index is 0.167. The zero-order valence-electron chi connectivity index (χ0n) is 10.6. The topological polar surface area (TPSA) is 18.5 Å². The summed E-state index contributed by atoms with van der Waals surface area (Å²) < 4.78 is 11.2. The van der Waals surface area contributed by atoms with Crippen LogP contribution >= 0.6 is 11.6 Å². The highest BCUT2D eigenvalue weighted by Crippen LogP contribution is 2.44. The molecule has 0 aliphatic carbocycles. The second-order valence-electron chi connectivity index (χ2n) is 4.87. The smallest absolute Gasteiger partial charge is 0.123 e. The van der Waals surface area contributed by atoms with E-state index in [1.807, 2.05) is 12.1 Å². The molecule has 2 unspecified atom stereocenters. The Bertz CT molecular complexity index is 397. The lowest BCUT2D eigenvalue weighted by molar-refractivity contribution is 0.0160. The Kier molecular flexibility index (Phi) is 3.64. The van der Waals surface area contributed by atoms with Gasteiger partial charge in [-0.15, -0.1) is 11.6 Å². The summed E-state index contributed by atoms with van der Waals surface area (Å²) in [7, 11) is 1.68. The molecule has 0 radical (unpaired) electrons. The van der Waals surface area contributed by atoms with E-state index in [2.05, 4.69) is 19.9 Å². The van der Waals surface area contributed by atoms with Gasteiger partial charge in [-0.25, -0.2) is 0 Å². The Labute approximate surface area is 108 Å². The van der Waals surface area contributed by atoms with Crippen LogP contribution in [0.3, 0.4) is 0 Å². The van der Waals surface area contributed by atoms with Crippen molar-refractivity contribution in [3.8, 4) is 5.75 Å². The quantitative estimate of drug-likeness (QED) is 0.763. The van der Waals surface area contributed by atoms with Gasteiger partial charge in [0.1, 0.15) is 5.75 Å². The van der Waals surface area contributed by atoms with E-state index in [4.69, 9.17) is 21.1 Å². The highest BCUT2D eigenvalue weighted by atomic mass is 35.5. The van der Waals surface area contributed by atoms with Gasteiger partial charge in [-0.2, -0.15) is 0 Å². The molecule has 1 aromatic carbocycles. The molecule has 1 heterocycles. The monoisotopic (exact) mass is 254 g/mol. The molecule has 0 N–H and O–H groups in total. The molecule has 1 aromatic rings. The first-order valence-electron chi connectivity index (χ1n) is 5.99. The van der Waals surface area contributed by atoms with Gasteiger partial charge in [0.05, 0.1) is 18.1 Å². The highest BCUT2D eigenvalue weighted by molar-refractivity contribution is 6.21. The third-order valence-electron chi connectivity index (χ3n) is 3.44. The van der Waals surface area contributed by atoms with Gasteiger partial charge in [0, 0.05) is 12.2 Å². The third kappa shape index (κ3) is 2.43. The van der Waals surface area contributed by atoms with E-state index in [-0.39, 0.29) is 11.0 Å². The fourth-order valence-electron chi connectivity index (χ4n) is 2.38. The molecule has 0 bridgehead atoms. The van der Waals surface area contributed by atoms with Gasteiger partial charge < -0.3 is 9.47 Å². The van der Waals surface area contributed by atoms with Crippen LogP contribution in [0.4, 0.5) is 0 Å². The number of aryl methyl sites for hydroxylation is 1. The van der Waals surface area contributed by atoms with Crippen molar-refractivity contribution in [1.82, 2.24) is 0 Å². The van der Waals surface area contributed by atoms with Gasteiger partial charge in [-0.3, -0.25) is 0 Å². The van der Waals surface area contributed by atoms with E-state index < -0.39 is 0 Å². The summed E-state index contributed by atoms with van der Waals surface area (Å²) in [6.45, 7) is 4.94. The second kappa shape index (κ2) is 4.87. The molecule has 1 aliphatic heterocycles. The van der Waals surface area contributed by atoms with Crippen LogP contribution in [-0.4, -0.2) is 19.3 Å². The van der Waals surface area contributed by atoms with Crippen LogP contribution in [0.2, 0.25) is 0 Å². The SMILES string of the molecule is COc1ccc(C)cc1C(Cl)C1(C)CCCO1. The molecule has 0 saturated carbocycles. The van der Waals surface area contributed by atoms with Crippen molar-refractivity contribution < 1.29 is 9.47 Å². The summed E-state index contributed by atoms with van der Waals surface area (Å²) in [6, 6.07) is 6.09. The highest BCUT2D eigenvalue weighted by Gasteiger charge is 2.39. The molecule has 17 heavy (non-hydrogen) atoms. The summed E-state index contributed by atoms with van der Waals surface area (Å²) in [5.41, 5.74) is 1.94. The van der Waals surface area contributed by atoms with Gasteiger partial charge in [-0.1, -0.05) is 17.7 Å². The summed E-state index contributed by atoms with van der Waals surface area (Å²) in [6.07, 6.45) is 2.08. The maximum atomic E-state index is 6.60. The van der Waals surface area contributed by atoms with E-state index in [1.165, 1.54) is 5.56 Å². The molecule has 1 saturated heterocycles. The predicted molar refractivity (Wildman–Crippen MR) is 69.9 cm³/mol. The lowest BCUT2D eigenvalue weighted by Gasteiger charge is -2.30. The third-order valence-corrected chi connectivity index (χ3v) is 4.14. The summed E-state index contributed by atoms with van der Waals surface area (Å²) in [5, 5.41) is -0.167. The lowest BCUT2D eigenvalue weighted by Crippen LogP contribution is -2.29. The van der Waals surface area contributed by atoms with Crippen LogP contribution in [0.15, 0.2) is 18.2 Å². The van der Waals surface area contributed by atoms with Gasteiger partial charge in [0.25, 0.3) is 0 Å². The fourth-order valence-corrected chi connectivity index (χ4v) is 2.72. The standard InChI is InChI=1S/C14H19ClO2/c1-10-5-6-12(16-3)11(9-10)13(15)14(2)7-4-8-17-14/h5-6,9,13H,4,7-8H2,1-3H3. The number of benzene rings is 1. The van der Waals surface area contributed by atoms with Crippen molar-refractivity contribution in [2.45, 2.75) is 37.7 Å². The second-order valence-corrected chi connectivity index (χ2v) is 5.31. The molecule has 1 fully saturated rings. The Hall–Kier alpha value is -0.730. The molecule has 0 spiro atoms. The molecule has 1 aliphatic rings. The van der Waals surface area contributed by atoms with Crippen molar-refractivity contribution in [1.29, 1.82) is 0 Å². The van der Waals surface area contributed by atoms with E-state index in [0.29, 0.717) is 0 Å².